The van der Waals surface area contributed by atoms with Gasteiger partial charge in [-0.1, -0.05) is 95.8 Å². The molecule has 0 unspecified atom stereocenters. The van der Waals surface area contributed by atoms with E-state index in [9.17, 15) is 27.6 Å². The molecule has 20 heteroatoms. The fraction of sp³-hybridized carbons (Fsp3) is 0.507. The van der Waals surface area contributed by atoms with Gasteiger partial charge in [0.25, 0.3) is 0 Å². The van der Waals surface area contributed by atoms with Crippen molar-refractivity contribution < 1.29 is 41.8 Å². The Morgan fingerprint density at radius 3 is 1.25 bits per heavy atom. The molecule has 14 nitrogen and oxygen atoms in total. The maximum atomic E-state index is 13.3. The van der Waals surface area contributed by atoms with Gasteiger partial charge in [0.05, 0.1) is 20.3 Å². The molecule has 0 radical (unpaired) electrons. The first-order valence-corrected chi connectivity index (χ1v) is 36.2. The van der Waals surface area contributed by atoms with Gasteiger partial charge in [-0.2, -0.15) is 0 Å². The number of methoxy groups -OCH3 is 1. The molecule has 484 valence electrons. The quantitative estimate of drug-likeness (QED) is 0.0569. The average Bonchev–Trinajstić information content (AvgIpc) is 3.44. The number of carbonyl (C=O) groups is 3. The van der Waals surface area contributed by atoms with E-state index in [1.54, 1.807) is 29.2 Å². The number of nitrogens with two attached hydrogens (primary N) is 1. The van der Waals surface area contributed by atoms with Gasteiger partial charge in [0.2, 0.25) is 5.24 Å². The van der Waals surface area contributed by atoms with Gasteiger partial charge in [0, 0.05) is 95.0 Å². The Bertz CT molecular complexity index is 2610. The van der Waals surface area contributed by atoms with Crippen LogP contribution >= 0.6 is 48.8 Å². The third-order valence-electron chi connectivity index (χ3n) is 14.4. The molecule has 3 heterocycles. The molecule has 8 rings (SSSR count). The highest BCUT2D eigenvalue weighted by Gasteiger charge is 2.29. The van der Waals surface area contributed by atoms with Gasteiger partial charge in [-0.25, -0.2) is 22.8 Å². The zero-order valence-electron chi connectivity index (χ0n) is 51.9. The molecule has 5 aromatic carbocycles. The number of nitrogens with one attached hydrogen (secondary N) is 2. The minimum Gasteiger partial charge on any atom is -0.493 e. The number of amides is 3. The molecule has 5 aromatic rings. The fourth-order valence-corrected chi connectivity index (χ4v) is 9.32. The molecule has 87 heavy (non-hydrogen) atoms. The number of hydrogen-bond acceptors (Lipinski definition) is 11. The van der Waals surface area contributed by atoms with E-state index in [1.165, 1.54) is 76.4 Å². The molecule has 0 bridgehead atoms. The van der Waals surface area contributed by atoms with Gasteiger partial charge in [0.15, 0.2) is 0 Å². The number of urea groups is 1. The SMILES string of the molecule is C.CC(=O)Cl.CC(C)COc1ccc(CN)cc1.CC(C)COc1ccc(CNC(=O)N(Cc2ccc(F)cc2)C2CCN(C)CC2)cc1.CN1CCC(NCc2ccc(F)cc2)CC1.COC(=O)N(Cc1ccc(F)cc1)C1CCN(C)CC1.II. The second kappa shape index (κ2) is 44.7. The van der Waals surface area contributed by atoms with Gasteiger partial charge in [0.1, 0.15) is 29.0 Å². The first-order chi connectivity index (χ1) is 41.2. The van der Waals surface area contributed by atoms with Crippen LogP contribution in [0, 0.1) is 29.3 Å². The van der Waals surface area contributed by atoms with E-state index in [1.807, 2.05) is 65.6 Å². The molecular weight excluding hydrogens is 1360 g/mol. The number of benzene rings is 5. The van der Waals surface area contributed by atoms with Crippen molar-refractivity contribution in [1.29, 1.82) is 0 Å². The van der Waals surface area contributed by atoms with Crippen LogP contribution in [0.5, 0.6) is 11.5 Å². The van der Waals surface area contributed by atoms with Crippen molar-refractivity contribution in [2.24, 2.45) is 17.6 Å². The minimum absolute atomic E-state index is 0. The van der Waals surface area contributed by atoms with E-state index in [0.717, 1.165) is 104 Å². The largest absolute Gasteiger partial charge is 0.493 e. The molecule has 3 amide bonds. The summed E-state index contributed by atoms with van der Waals surface area (Å²) in [6.45, 7) is 20.3. The molecule has 3 fully saturated rings. The topological polar surface area (TPSA) is 145 Å². The highest BCUT2D eigenvalue weighted by molar-refractivity contribution is 15.0. The van der Waals surface area contributed by atoms with Crippen LogP contribution < -0.4 is 25.8 Å². The number of carbonyl (C=O) groups excluding carboxylic acids is 3. The molecule has 4 N–H and O–H groups in total. The highest BCUT2D eigenvalue weighted by atomic mass is 128. The molecule has 0 spiro atoms. The van der Waals surface area contributed by atoms with E-state index in [0.29, 0.717) is 50.7 Å². The molecule has 3 saturated heterocycles. The van der Waals surface area contributed by atoms with E-state index < -0.39 is 0 Å². The molecular formula is C67H98ClF3I2N8O6. The zero-order chi connectivity index (χ0) is 63.4. The number of piperidine rings is 3. The van der Waals surface area contributed by atoms with Gasteiger partial charge in [-0.3, -0.25) is 4.79 Å². The Kier molecular flexibility index (Phi) is 40.2. The number of halogens is 6. The number of nitrogens with zero attached hydrogens (tertiary/aromatic N) is 5. The monoisotopic (exact) mass is 1460 g/mol. The number of likely N-dealkylation sites (tertiary alicyclic amines) is 3. The molecule has 0 aromatic heterocycles. The van der Waals surface area contributed by atoms with Crippen LogP contribution in [0.25, 0.3) is 0 Å². The van der Waals surface area contributed by atoms with Crippen LogP contribution in [0.2, 0.25) is 0 Å². The van der Waals surface area contributed by atoms with E-state index in [-0.39, 0.29) is 54.3 Å². The summed E-state index contributed by atoms with van der Waals surface area (Å²) in [5.41, 5.74) is 10.6. The van der Waals surface area contributed by atoms with Crippen molar-refractivity contribution in [2.75, 3.05) is 80.7 Å². The van der Waals surface area contributed by atoms with Crippen molar-refractivity contribution in [1.82, 2.24) is 35.1 Å². The first kappa shape index (κ1) is 78.3. The van der Waals surface area contributed by atoms with Gasteiger partial charge < -0.3 is 55.1 Å². The smallest absolute Gasteiger partial charge is 0.410 e. The highest BCUT2D eigenvalue weighted by Crippen LogP contribution is 2.22. The van der Waals surface area contributed by atoms with Gasteiger partial charge in [-0.05, 0) is 211 Å². The molecule has 0 saturated carbocycles. The summed E-state index contributed by atoms with van der Waals surface area (Å²) in [6, 6.07) is 36.0. The van der Waals surface area contributed by atoms with Crippen LogP contribution in [-0.4, -0.2) is 141 Å². The lowest BCUT2D eigenvalue weighted by molar-refractivity contribution is -0.109. The van der Waals surface area contributed by atoms with E-state index in [4.69, 9.17) is 19.9 Å². The summed E-state index contributed by atoms with van der Waals surface area (Å²) >= 11 is 8.88. The van der Waals surface area contributed by atoms with Gasteiger partial charge >= 0.3 is 12.1 Å². The number of hydrogen-bond donors (Lipinski definition) is 3. The second-order valence-corrected chi connectivity index (χ2v) is 23.2. The van der Waals surface area contributed by atoms with Crippen LogP contribution in [0.1, 0.15) is 108 Å². The Hall–Kier alpha value is -4.75. The molecule has 0 atom stereocenters. The molecule has 0 aliphatic carbocycles. The number of ether oxygens (including phenoxy) is 3. The Morgan fingerprint density at radius 1 is 0.563 bits per heavy atom. The number of rotatable bonds is 18. The summed E-state index contributed by atoms with van der Waals surface area (Å²) in [7, 11) is 7.75. The Balaban J connectivity index is 0.000000401. The first-order valence-electron chi connectivity index (χ1n) is 29.5. The summed E-state index contributed by atoms with van der Waals surface area (Å²) in [6.07, 6.45) is 5.85. The van der Waals surface area contributed by atoms with Crippen molar-refractivity contribution in [3.8, 4) is 11.5 Å². The summed E-state index contributed by atoms with van der Waals surface area (Å²) in [5.74, 6) is 2.11. The summed E-state index contributed by atoms with van der Waals surface area (Å²) in [4.78, 5) is 44.9. The van der Waals surface area contributed by atoms with Crippen LogP contribution in [0.4, 0.5) is 22.8 Å². The normalized spacial score (nSPS) is 14.7. The summed E-state index contributed by atoms with van der Waals surface area (Å²) in [5, 5.41) is 6.24. The second-order valence-electron chi connectivity index (χ2n) is 22.7. The minimum atomic E-state index is -0.361. The lowest BCUT2D eigenvalue weighted by Gasteiger charge is -2.37. The van der Waals surface area contributed by atoms with Crippen molar-refractivity contribution in [2.45, 2.75) is 131 Å². The maximum Gasteiger partial charge on any atom is 0.410 e. The maximum absolute atomic E-state index is 13.3. The predicted octanol–water partition coefficient (Wildman–Crippen LogP) is 14.5. The standard InChI is InChI=1S/C25H34FN3O2.C15H21FN2O2.C13H19FN2.C11H17NO.C2H3ClO.CH4.I2/c1-19(2)18-31-24-10-6-20(7-11-24)16-27-25(30)29(23-12-14-28(3)15-13-23)17-21-4-8-22(26)9-5-21;1-17-9-7-14(8-10-17)18(15(19)20-2)11-12-3-5-13(16)6-4-12;1-16-8-6-13(7-9-16)15-10-11-2-4-12(14)5-3-11;1-9(2)8-13-11-5-3-10(7-12)4-6-11;1-2(3)4;;1-2/h4-11,19,23H,12-18H2,1-3H3,(H,27,30);3-6,14H,7-11H2,1-2H3;2-5,13,15H,6-10H2,1H3;3-6,9H,7-8,12H2,1-2H3;1H3;1H4;. The Labute approximate surface area is 547 Å². The van der Waals surface area contributed by atoms with E-state index >= 15 is 0 Å². The average molecular weight is 1460 g/mol. The van der Waals surface area contributed by atoms with Crippen LogP contribution in [-0.2, 0) is 42.3 Å². The molecule has 3 aliphatic heterocycles. The third-order valence-corrected chi connectivity index (χ3v) is 14.4. The predicted molar refractivity (Wildman–Crippen MR) is 366 cm³/mol. The lowest BCUT2D eigenvalue weighted by atomic mass is 10.0. The van der Waals surface area contributed by atoms with Crippen molar-refractivity contribution in [3.05, 3.63) is 167 Å². The van der Waals surface area contributed by atoms with Crippen LogP contribution in [0.15, 0.2) is 121 Å². The third kappa shape index (κ3) is 33.6. The van der Waals surface area contributed by atoms with Crippen molar-refractivity contribution >= 4 is 66.2 Å². The lowest BCUT2D eigenvalue weighted by Crippen LogP contribution is -2.49. The fourth-order valence-electron chi connectivity index (χ4n) is 9.32. The van der Waals surface area contributed by atoms with Crippen molar-refractivity contribution in [3.63, 3.8) is 0 Å². The van der Waals surface area contributed by atoms with E-state index in [2.05, 4.69) is 123 Å². The zero-order valence-corrected chi connectivity index (χ0v) is 57.0. The Morgan fingerprint density at radius 2 is 0.885 bits per heavy atom. The van der Waals surface area contributed by atoms with Crippen LogP contribution in [0.3, 0.4) is 0 Å². The summed E-state index contributed by atoms with van der Waals surface area (Å²) < 4.78 is 55.1. The van der Waals surface area contributed by atoms with Gasteiger partial charge in [-0.15, -0.1) is 0 Å². The molecule has 3 aliphatic rings.